The van der Waals surface area contributed by atoms with E-state index in [1.807, 2.05) is 40.8 Å². The molecule has 1 aliphatic heterocycles. The fourth-order valence-electron chi connectivity index (χ4n) is 5.04. The van der Waals surface area contributed by atoms with Gasteiger partial charge in [0.1, 0.15) is 11.3 Å². The molecular formula is C22H25N3O4. The Morgan fingerprint density at radius 3 is 2.79 bits per heavy atom. The standard InChI is InChI=1S/C22H25N3O4/c1-13-17-4-3-16(28-2)9-20(17)29-21(13)22(27)25-10-14-7-18(24-6-5-23-12-24)19(26)8-15(14)11-25/h3-6,9,12,14-15,18-19,26H,7-8,10-11H2,1-2H3/t14-,15+,18-,19-/m1/s1. The minimum atomic E-state index is -0.416. The summed E-state index contributed by atoms with van der Waals surface area (Å²) >= 11 is 0. The van der Waals surface area contributed by atoms with E-state index >= 15 is 0 Å². The van der Waals surface area contributed by atoms with Crippen molar-refractivity contribution in [1.29, 1.82) is 0 Å². The monoisotopic (exact) mass is 395 g/mol. The molecule has 1 amide bonds. The van der Waals surface area contributed by atoms with Crippen molar-refractivity contribution in [3.8, 4) is 5.75 Å². The number of aliphatic hydroxyl groups excluding tert-OH is 1. The number of carbonyl (C=O) groups is 1. The van der Waals surface area contributed by atoms with Crippen LogP contribution in [0, 0.1) is 18.8 Å². The second-order valence-electron chi connectivity index (χ2n) is 8.26. The molecule has 2 aromatic heterocycles. The molecule has 7 heteroatoms. The smallest absolute Gasteiger partial charge is 0.289 e. The lowest BCUT2D eigenvalue weighted by Gasteiger charge is -2.35. The van der Waals surface area contributed by atoms with Crippen molar-refractivity contribution in [2.45, 2.75) is 31.9 Å². The predicted molar refractivity (Wildman–Crippen MR) is 107 cm³/mol. The van der Waals surface area contributed by atoms with E-state index in [0.717, 1.165) is 17.4 Å². The maximum Gasteiger partial charge on any atom is 0.289 e. The number of aromatic nitrogens is 2. The Bertz CT molecular complexity index is 1040. The molecule has 3 aromatic rings. The Balaban J connectivity index is 1.37. The number of fused-ring (bicyclic) bond motifs is 2. The normalized spacial score (nSPS) is 26.7. The van der Waals surface area contributed by atoms with E-state index in [0.29, 0.717) is 48.4 Å². The molecule has 0 bridgehead atoms. The van der Waals surface area contributed by atoms with Gasteiger partial charge in [-0.15, -0.1) is 0 Å². The van der Waals surface area contributed by atoms with Gasteiger partial charge in [-0.05, 0) is 43.7 Å². The number of aliphatic hydroxyl groups is 1. The van der Waals surface area contributed by atoms with Crippen LogP contribution in [0.4, 0.5) is 0 Å². The highest BCUT2D eigenvalue weighted by atomic mass is 16.5. The molecule has 1 aliphatic carbocycles. The molecule has 1 saturated heterocycles. The van der Waals surface area contributed by atoms with Crippen LogP contribution in [0.25, 0.3) is 11.0 Å². The summed E-state index contributed by atoms with van der Waals surface area (Å²) < 4.78 is 13.2. The van der Waals surface area contributed by atoms with Crippen LogP contribution in [0.3, 0.4) is 0 Å². The van der Waals surface area contributed by atoms with E-state index in [1.165, 1.54) is 0 Å². The fourth-order valence-corrected chi connectivity index (χ4v) is 5.04. The number of aryl methyl sites for hydroxylation is 1. The minimum absolute atomic E-state index is 0.0224. The average Bonchev–Trinajstić information content (AvgIpc) is 3.45. The lowest BCUT2D eigenvalue weighted by atomic mass is 9.77. The molecule has 2 fully saturated rings. The van der Waals surface area contributed by atoms with Crippen LogP contribution in [-0.4, -0.2) is 51.8 Å². The van der Waals surface area contributed by atoms with E-state index < -0.39 is 6.10 Å². The number of benzene rings is 1. The van der Waals surface area contributed by atoms with Gasteiger partial charge in [0.25, 0.3) is 5.91 Å². The zero-order valence-electron chi connectivity index (χ0n) is 16.6. The van der Waals surface area contributed by atoms with Crippen LogP contribution in [0.5, 0.6) is 5.75 Å². The molecule has 5 rings (SSSR count). The number of hydrogen-bond donors (Lipinski definition) is 1. The number of rotatable bonds is 3. The molecule has 1 saturated carbocycles. The van der Waals surface area contributed by atoms with Crippen molar-refractivity contribution in [3.05, 3.63) is 48.2 Å². The molecule has 1 N–H and O–H groups in total. The van der Waals surface area contributed by atoms with Crippen molar-refractivity contribution in [3.63, 3.8) is 0 Å². The minimum Gasteiger partial charge on any atom is -0.497 e. The number of methoxy groups -OCH3 is 1. The van der Waals surface area contributed by atoms with Crippen LogP contribution in [-0.2, 0) is 0 Å². The van der Waals surface area contributed by atoms with E-state index in [2.05, 4.69) is 4.98 Å². The summed E-state index contributed by atoms with van der Waals surface area (Å²) in [6, 6.07) is 5.64. The third-order valence-corrected chi connectivity index (χ3v) is 6.64. The van der Waals surface area contributed by atoms with Crippen LogP contribution < -0.4 is 4.74 Å². The Labute approximate surface area is 168 Å². The number of likely N-dealkylation sites (tertiary alicyclic amines) is 1. The lowest BCUT2D eigenvalue weighted by molar-refractivity contribution is 0.0357. The van der Waals surface area contributed by atoms with Gasteiger partial charge in [0.05, 0.1) is 25.6 Å². The highest BCUT2D eigenvalue weighted by Crippen LogP contribution is 2.42. The molecule has 4 atom stereocenters. The number of ether oxygens (including phenoxy) is 1. The highest BCUT2D eigenvalue weighted by Gasteiger charge is 2.44. The maximum absolute atomic E-state index is 13.3. The van der Waals surface area contributed by atoms with Crippen molar-refractivity contribution in [1.82, 2.24) is 14.5 Å². The lowest BCUT2D eigenvalue weighted by Crippen LogP contribution is -2.35. The molecular weight excluding hydrogens is 370 g/mol. The Hall–Kier alpha value is -2.80. The molecule has 1 aromatic carbocycles. The molecule has 0 spiro atoms. The van der Waals surface area contributed by atoms with Gasteiger partial charge in [-0.3, -0.25) is 4.79 Å². The van der Waals surface area contributed by atoms with Gasteiger partial charge in [-0.1, -0.05) is 0 Å². The van der Waals surface area contributed by atoms with Crippen molar-refractivity contribution in [2.75, 3.05) is 20.2 Å². The van der Waals surface area contributed by atoms with Crippen molar-refractivity contribution in [2.24, 2.45) is 11.8 Å². The zero-order valence-corrected chi connectivity index (χ0v) is 16.6. The van der Waals surface area contributed by atoms with Crippen LogP contribution in [0.2, 0.25) is 0 Å². The molecule has 29 heavy (non-hydrogen) atoms. The summed E-state index contributed by atoms with van der Waals surface area (Å²) in [6.07, 6.45) is 6.54. The first-order valence-corrected chi connectivity index (χ1v) is 10.1. The summed E-state index contributed by atoms with van der Waals surface area (Å²) in [7, 11) is 1.61. The number of nitrogens with zero attached hydrogens (tertiary/aromatic N) is 3. The summed E-state index contributed by atoms with van der Waals surface area (Å²) in [5.41, 5.74) is 1.52. The molecule has 0 radical (unpaired) electrons. The quantitative estimate of drug-likeness (QED) is 0.737. The maximum atomic E-state index is 13.3. The van der Waals surface area contributed by atoms with Crippen molar-refractivity contribution >= 4 is 16.9 Å². The third-order valence-electron chi connectivity index (χ3n) is 6.64. The van der Waals surface area contributed by atoms with Gasteiger partial charge in [-0.25, -0.2) is 4.98 Å². The largest absolute Gasteiger partial charge is 0.497 e. The van der Waals surface area contributed by atoms with E-state index in [4.69, 9.17) is 9.15 Å². The second kappa shape index (κ2) is 6.91. The Kier molecular flexibility index (Phi) is 4.35. The number of carbonyl (C=O) groups excluding carboxylic acids is 1. The van der Waals surface area contributed by atoms with Crippen LogP contribution >= 0.6 is 0 Å². The van der Waals surface area contributed by atoms with Gasteiger partial charge < -0.3 is 23.7 Å². The Morgan fingerprint density at radius 2 is 2.07 bits per heavy atom. The SMILES string of the molecule is COc1ccc2c(C)c(C(=O)N3C[C@H]4C[C@@H](n5ccnc5)[C@H](O)C[C@H]4C3)oc2c1. The summed E-state index contributed by atoms with van der Waals surface area (Å²) in [4.78, 5) is 19.2. The Morgan fingerprint density at radius 1 is 1.28 bits per heavy atom. The van der Waals surface area contributed by atoms with Crippen LogP contribution in [0.15, 0.2) is 41.3 Å². The number of amides is 1. The fraction of sp³-hybridized carbons (Fsp3) is 0.455. The van der Waals surface area contributed by atoms with Gasteiger partial charge in [-0.2, -0.15) is 0 Å². The zero-order chi connectivity index (χ0) is 20.1. The van der Waals surface area contributed by atoms with Crippen LogP contribution in [0.1, 0.15) is 35.0 Å². The molecule has 0 unspecified atom stereocenters. The van der Waals surface area contributed by atoms with E-state index in [1.54, 1.807) is 19.6 Å². The third kappa shape index (κ3) is 3.00. The number of hydrogen-bond acceptors (Lipinski definition) is 5. The summed E-state index contributed by atoms with van der Waals surface area (Å²) in [6.45, 7) is 3.28. The predicted octanol–water partition coefficient (Wildman–Crippen LogP) is 3.03. The highest BCUT2D eigenvalue weighted by molar-refractivity contribution is 5.99. The summed E-state index contributed by atoms with van der Waals surface area (Å²) in [5.74, 6) is 1.73. The van der Waals surface area contributed by atoms with E-state index in [9.17, 15) is 9.90 Å². The number of furan rings is 1. The summed E-state index contributed by atoms with van der Waals surface area (Å²) in [5, 5.41) is 11.6. The van der Waals surface area contributed by atoms with Gasteiger partial charge in [0.2, 0.25) is 0 Å². The first-order chi connectivity index (χ1) is 14.0. The van der Waals surface area contributed by atoms with Gasteiger partial charge in [0.15, 0.2) is 5.76 Å². The first-order valence-electron chi connectivity index (χ1n) is 10.1. The van der Waals surface area contributed by atoms with Gasteiger partial charge in [0, 0.05) is 42.5 Å². The molecule has 3 heterocycles. The first kappa shape index (κ1) is 18.2. The second-order valence-corrected chi connectivity index (χ2v) is 8.26. The average molecular weight is 395 g/mol. The molecule has 2 aliphatic rings. The molecule has 7 nitrogen and oxygen atoms in total. The topological polar surface area (TPSA) is 80.7 Å². The molecule has 152 valence electrons. The van der Waals surface area contributed by atoms with E-state index in [-0.39, 0.29) is 11.9 Å². The number of imidazole rings is 1. The van der Waals surface area contributed by atoms with Crippen molar-refractivity contribution < 1.29 is 19.1 Å². The van der Waals surface area contributed by atoms with Gasteiger partial charge >= 0.3 is 0 Å².